The van der Waals surface area contributed by atoms with Gasteiger partial charge in [-0.15, -0.1) is 6.58 Å². The lowest BCUT2D eigenvalue weighted by atomic mass is 9.77. The number of benzene rings is 1. The van der Waals surface area contributed by atoms with Gasteiger partial charge in [0, 0.05) is 6.54 Å². The van der Waals surface area contributed by atoms with E-state index in [-0.39, 0.29) is 25.7 Å². The minimum atomic E-state index is -2.15. The maximum Gasteiger partial charge on any atom is 0.339 e. The standard InChI is InChI=1S/C33H45NO9/c1-5-6-7-16-40-27(35)20-33(38,13-8-11-31(2,3)37)30(36)43-29-26(39-4)19-32-12-9-14-34(32)15-10-22-17-24-25(42-21-41-24)18-23(22)28(29)32/h5,17-19,28-29,37-38H,1,6-16,20-21H2,2-4H3/t28-,29?,32+,33-/m1/s1. The summed E-state index contributed by atoms with van der Waals surface area (Å²) in [4.78, 5) is 29.2. The van der Waals surface area contributed by atoms with E-state index in [9.17, 15) is 19.8 Å². The van der Waals surface area contributed by atoms with E-state index in [0.29, 0.717) is 42.9 Å². The average molecular weight is 600 g/mol. The summed E-state index contributed by atoms with van der Waals surface area (Å²) >= 11 is 0. The Kier molecular flexibility index (Phi) is 9.11. The molecule has 0 radical (unpaired) electrons. The zero-order valence-corrected chi connectivity index (χ0v) is 25.6. The fourth-order valence-electron chi connectivity index (χ4n) is 7.10. The van der Waals surface area contributed by atoms with Gasteiger partial charge in [0.1, 0.15) is 5.76 Å². The van der Waals surface area contributed by atoms with E-state index >= 15 is 0 Å². The minimum absolute atomic E-state index is 0.0759. The van der Waals surface area contributed by atoms with Gasteiger partial charge in [0.15, 0.2) is 23.2 Å². The van der Waals surface area contributed by atoms with Crippen molar-refractivity contribution in [3.05, 3.63) is 47.7 Å². The first-order valence-electron chi connectivity index (χ1n) is 15.4. The highest BCUT2D eigenvalue weighted by atomic mass is 16.7. The Morgan fingerprint density at radius 1 is 1.16 bits per heavy atom. The summed E-state index contributed by atoms with van der Waals surface area (Å²) in [6.07, 6.45) is 6.91. The zero-order chi connectivity index (χ0) is 30.8. The predicted molar refractivity (Wildman–Crippen MR) is 158 cm³/mol. The molecule has 1 aromatic carbocycles. The Labute approximate surface area is 253 Å². The Morgan fingerprint density at radius 3 is 2.65 bits per heavy atom. The second kappa shape index (κ2) is 12.5. The highest BCUT2D eigenvalue weighted by Gasteiger charge is 2.59. The van der Waals surface area contributed by atoms with Crippen LogP contribution in [0.1, 0.15) is 82.3 Å². The van der Waals surface area contributed by atoms with Crippen LogP contribution in [0.25, 0.3) is 0 Å². The Balaban J connectivity index is 1.45. The summed E-state index contributed by atoms with van der Waals surface area (Å²) in [5, 5.41) is 22.0. The summed E-state index contributed by atoms with van der Waals surface area (Å²) < 4.78 is 28.8. The van der Waals surface area contributed by atoms with Crippen LogP contribution in [0, 0.1) is 0 Å². The topological polar surface area (TPSA) is 124 Å². The Hall–Kier alpha value is -3.08. The molecule has 0 aromatic heterocycles. The smallest absolute Gasteiger partial charge is 0.339 e. The maximum atomic E-state index is 14.0. The number of unbranched alkanes of at least 4 members (excludes halogenated alkanes) is 1. The van der Waals surface area contributed by atoms with Crippen molar-refractivity contribution in [1.82, 2.24) is 4.90 Å². The quantitative estimate of drug-likeness (QED) is 0.196. The monoisotopic (exact) mass is 599 g/mol. The van der Waals surface area contributed by atoms with Crippen molar-refractivity contribution >= 4 is 11.9 Å². The van der Waals surface area contributed by atoms with Gasteiger partial charge in [0.25, 0.3) is 0 Å². The van der Waals surface area contributed by atoms with Crippen LogP contribution in [-0.2, 0) is 30.2 Å². The zero-order valence-electron chi connectivity index (χ0n) is 25.6. The average Bonchev–Trinajstić information content (AvgIpc) is 3.64. The van der Waals surface area contributed by atoms with Gasteiger partial charge in [-0.3, -0.25) is 9.69 Å². The molecule has 3 heterocycles. The van der Waals surface area contributed by atoms with E-state index in [1.807, 2.05) is 12.1 Å². The molecule has 4 aliphatic rings. The molecule has 1 saturated heterocycles. The molecule has 1 aliphatic carbocycles. The first-order chi connectivity index (χ1) is 20.5. The van der Waals surface area contributed by atoms with E-state index in [4.69, 9.17) is 23.7 Å². The van der Waals surface area contributed by atoms with Gasteiger partial charge >= 0.3 is 11.9 Å². The molecule has 5 rings (SSSR count). The van der Waals surface area contributed by atoms with E-state index < -0.39 is 41.2 Å². The van der Waals surface area contributed by atoms with Crippen molar-refractivity contribution in [2.75, 3.05) is 33.6 Å². The second-order valence-electron chi connectivity index (χ2n) is 12.8. The van der Waals surface area contributed by atoms with E-state index in [0.717, 1.165) is 43.5 Å². The molecule has 2 N–H and O–H groups in total. The van der Waals surface area contributed by atoms with Crippen molar-refractivity contribution in [3.8, 4) is 11.5 Å². The highest BCUT2D eigenvalue weighted by molar-refractivity contribution is 5.86. The van der Waals surface area contributed by atoms with Gasteiger partial charge in [-0.1, -0.05) is 6.08 Å². The third-order valence-corrected chi connectivity index (χ3v) is 9.21. The molecule has 3 aliphatic heterocycles. The van der Waals surface area contributed by atoms with Gasteiger partial charge in [-0.05, 0) is 101 Å². The molecule has 1 fully saturated rings. The highest BCUT2D eigenvalue weighted by Crippen LogP contribution is 2.55. The third kappa shape index (κ3) is 6.42. The van der Waals surface area contributed by atoms with Crippen LogP contribution in [0.4, 0.5) is 0 Å². The molecule has 236 valence electrons. The lowest BCUT2D eigenvalue weighted by Crippen LogP contribution is -2.49. The number of methoxy groups -OCH3 is 1. The predicted octanol–water partition coefficient (Wildman–Crippen LogP) is 3.92. The normalized spacial score (nSPS) is 25.5. The van der Waals surface area contributed by atoms with Crippen molar-refractivity contribution in [2.45, 2.75) is 100 Å². The molecule has 0 amide bonds. The number of hydrogen-bond acceptors (Lipinski definition) is 10. The van der Waals surface area contributed by atoms with Crippen molar-refractivity contribution in [2.24, 2.45) is 0 Å². The fourth-order valence-corrected chi connectivity index (χ4v) is 7.10. The summed E-state index contributed by atoms with van der Waals surface area (Å²) in [7, 11) is 1.56. The lowest BCUT2D eigenvalue weighted by molar-refractivity contribution is -0.179. The number of esters is 2. The van der Waals surface area contributed by atoms with E-state index in [1.54, 1.807) is 27.0 Å². The molecule has 1 spiro atoms. The molecule has 10 heteroatoms. The van der Waals surface area contributed by atoms with Crippen LogP contribution >= 0.6 is 0 Å². The first kappa shape index (κ1) is 31.3. The first-order valence-corrected chi connectivity index (χ1v) is 15.4. The van der Waals surface area contributed by atoms with Crippen LogP contribution < -0.4 is 9.47 Å². The largest absolute Gasteiger partial charge is 0.497 e. The summed E-state index contributed by atoms with van der Waals surface area (Å²) in [6, 6.07) is 4.02. The number of aliphatic hydroxyl groups is 2. The molecule has 0 bridgehead atoms. The second-order valence-corrected chi connectivity index (χ2v) is 12.8. The van der Waals surface area contributed by atoms with Gasteiger partial charge in [-0.2, -0.15) is 0 Å². The summed E-state index contributed by atoms with van der Waals surface area (Å²) in [5.41, 5.74) is -1.48. The number of hydrogen-bond donors (Lipinski definition) is 2. The summed E-state index contributed by atoms with van der Waals surface area (Å²) in [6.45, 7) is 9.04. The minimum Gasteiger partial charge on any atom is -0.497 e. The number of nitrogens with zero attached hydrogens (tertiary/aromatic N) is 1. The molecule has 10 nitrogen and oxygen atoms in total. The Bertz CT molecular complexity index is 1250. The molecule has 1 aromatic rings. The summed E-state index contributed by atoms with van der Waals surface area (Å²) in [5.74, 6) is -0.0410. The molecular formula is C33H45NO9. The van der Waals surface area contributed by atoms with E-state index in [1.165, 1.54) is 0 Å². The molecule has 1 unspecified atom stereocenters. The van der Waals surface area contributed by atoms with Crippen LogP contribution in [0.2, 0.25) is 0 Å². The number of allylic oxidation sites excluding steroid dienone is 1. The molecule has 43 heavy (non-hydrogen) atoms. The molecule has 0 saturated carbocycles. The van der Waals surface area contributed by atoms with Crippen LogP contribution in [0.15, 0.2) is 36.6 Å². The van der Waals surface area contributed by atoms with Crippen LogP contribution in [-0.4, -0.2) is 83.5 Å². The third-order valence-electron chi connectivity index (χ3n) is 9.21. The number of carbonyl (C=O) groups is 2. The van der Waals surface area contributed by atoms with E-state index in [2.05, 4.69) is 17.6 Å². The number of carbonyl (C=O) groups excluding carboxylic acids is 2. The molecular weight excluding hydrogens is 554 g/mol. The van der Waals surface area contributed by atoms with Crippen molar-refractivity contribution in [3.63, 3.8) is 0 Å². The van der Waals surface area contributed by atoms with Crippen molar-refractivity contribution < 1.29 is 43.5 Å². The SMILES string of the molecule is C=CCCCOC(=O)C[C@](O)(CCCC(C)(C)O)C(=O)OC1C(OC)=C[C@]23CCCN2CCc2cc4c(cc2[C@H]13)OCO4. The maximum absolute atomic E-state index is 14.0. The van der Waals surface area contributed by atoms with Crippen LogP contribution in [0.5, 0.6) is 11.5 Å². The van der Waals surface area contributed by atoms with Gasteiger partial charge in [-0.25, -0.2) is 4.79 Å². The van der Waals surface area contributed by atoms with Crippen molar-refractivity contribution in [1.29, 1.82) is 0 Å². The fraction of sp³-hybridized carbons (Fsp3) is 0.636. The van der Waals surface area contributed by atoms with Gasteiger partial charge < -0.3 is 33.9 Å². The lowest BCUT2D eigenvalue weighted by Gasteiger charge is -2.39. The molecule has 4 atom stereocenters. The van der Waals surface area contributed by atoms with Gasteiger partial charge in [0.2, 0.25) is 6.79 Å². The number of fused-ring (bicyclic) bond motifs is 3. The Morgan fingerprint density at radius 2 is 1.93 bits per heavy atom. The van der Waals surface area contributed by atoms with Crippen LogP contribution in [0.3, 0.4) is 0 Å². The van der Waals surface area contributed by atoms with Gasteiger partial charge in [0.05, 0.1) is 37.2 Å². The number of rotatable bonds is 13. The number of ether oxygens (including phenoxy) is 5.